The SMILES string of the molecule is COc1ccc(/C=C/C(=O)c2cc(C)sc2C)cc1COc1ccc(C)cc1Cl. The summed E-state index contributed by atoms with van der Waals surface area (Å²) in [7, 11) is 1.62. The van der Waals surface area contributed by atoms with Crippen LogP contribution in [-0.2, 0) is 6.61 Å². The fourth-order valence-corrected chi connectivity index (χ4v) is 4.25. The third-order valence-electron chi connectivity index (χ3n) is 4.51. The van der Waals surface area contributed by atoms with E-state index in [1.807, 2.05) is 69.3 Å². The van der Waals surface area contributed by atoms with Gasteiger partial charge in [-0.1, -0.05) is 29.8 Å². The van der Waals surface area contributed by atoms with Crippen molar-refractivity contribution in [1.29, 1.82) is 0 Å². The van der Waals surface area contributed by atoms with E-state index < -0.39 is 0 Å². The zero-order valence-electron chi connectivity index (χ0n) is 16.9. The number of methoxy groups -OCH3 is 1. The van der Waals surface area contributed by atoms with Gasteiger partial charge in [0.15, 0.2) is 5.78 Å². The molecule has 0 aliphatic carbocycles. The Hall–Kier alpha value is -2.56. The summed E-state index contributed by atoms with van der Waals surface area (Å²) in [4.78, 5) is 14.7. The second-order valence-electron chi connectivity index (χ2n) is 6.82. The maximum Gasteiger partial charge on any atom is 0.186 e. The van der Waals surface area contributed by atoms with Crippen LogP contribution >= 0.6 is 22.9 Å². The van der Waals surface area contributed by atoms with Gasteiger partial charge in [-0.2, -0.15) is 0 Å². The molecule has 3 rings (SSSR count). The third kappa shape index (κ3) is 5.28. The predicted octanol–water partition coefficient (Wildman–Crippen LogP) is 6.81. The van der Waals surface area contributed by atoms with Gasteiger partial charge < -0.3 is 9.47 Å². The van der Waals surface area contributed by atoms with E-state index in [-0.39, 0.29) is 5.78 Å². The van der Waals surface area contributed by atoms with E-state index in [2.05, 4.69) is 0 Å². The Kier molecular flexibility index (Phi) is 6.78. The van der Waals surface area contributed by atoms with Gasteiger partial charge in [0, 0.05) is 20.9 Å². The standard InChI is InChI=1S/C24H23ClO3S/c1-15-5-9-24(21(25)11-15)28-14-19-13-18(7-10-23(19)27-4)6-8-22(26)20-12-16(2)29-17(20)3/h5-13H,14H2,1-4H3/b8-6+. The second-order valence-corrected chi connectivity index (χ2v) is 8.69. The first-order valence-electron chi connectivity index (χ1n) is 9.22. The lowest BCUT2D eigenvalue weighted by Crippen LogP contribution is -2.00. The van der Waals surface area contributed by atoms with Crippen LogP contribution in [0.4, 0.5) is 0 Å². The van der Waals surface area contributed by atoms with Gasteiger partial charge in [-0.15, -0.1) is 11.3 Å². The normalized spacial score (nSPS) is 11.1. The van der Waals surface area contributed by atoms with E-state index in [1.165, 1.54) is 0 Å². The van der Waals surface area contributed by atoms with Gasteiger partial charge in [0.1, 0.15) is 18.1 Å². The van der Waals surface area contributed by atoms with E-state index in [9.17, 15) is 4.79 Å². The molecule has 0 radical (unpaired) electrons. The van der Waals surface area contributed by atoms with Crippen LogP contribution in [0.15, 0.2) is 48.5 Å². The zero-order valence-corrected chi connectivity index (χ0v) is 18.5. The fraction of sp³-hybridized carbons (Fsp3) is 0.208. The average molecular weight is 427 g/mol. The second kappa shape index (κ2) is 9.29. The Morgan fingerprint density at radius 2 is 1.83 bits per heavy atom. The molecule has 0 saturated carbocycles. The molecule has 0 amide bonds. The minimum absolute atomic E-state index is 0.00639. The Bertz CT molecular complexity index is 1070. The molecule has 1 heterocycles. The van der Waals surface area contributed by atoms with Crippen molar-refractivity contribution in [2.24, 2.45) is 0 Å². The minimum atomic E-state index is 0.00639. The van der Waals surface area contributed by atoms with Crippen molar-refractivity contribution < 1.29 is 14.3 Å². The maximum atomic E-state index is 12.5. The number of thiophene rings is 1. The lowest BCUT2D eigenvalue weighted by molar-refractivity contribution is 0.104. The zero-order chi connectivity index (χ0) is 21.0. The number of carbonyl (C=O) groups is 1. The molecular formula is C24H23ClO3S. The Labute approximate surface area is 180 Å². The molecule has 0 aliphatic heterocycles. The third-order valence-corrected chi connectivity index (χ3v) is 5.77. The summed E-state index contributed by atoms with van der Waals surface area (Å²) in [6.07, 6.45) is 3.42. The highest BCUT2D eigenvalue weighted by Crippen LogP contribution is 2.28. The molecule has 0 saturated heterocycles. The number of benzene rings is 2. The number of halogens is 1. The fourth-order valence-electron chi connectivity index (χ4n) is 3.03. The van der Waals surface area contributed by atoms with Gasteiger partial charge >= 0.3 is 0 Å². The number of ether oxygens (including phenoxy) is 2. The van der Waals surface area contributed by atoms with Crippen LogP contribution in [0.25, 0.3) is 6.08 Å². The average Bonchev–Trinajstić information content (AvgIpc) is 3.03. The molecule has 0 atom stereocenters. The van der Waals surface area contributed by atoms with Crippen LogP contribution in [0, 0.1) is 20.8 Å². The highest BCUT2D eigenvalue weighted by atomic mass is 35.5. The maximum absolute atomic E-state index is 12.5. The van der Waals surface area contributed by atoms with E-state index in [0.717, 1.165) is 37.8 Å². The summed E-state index contributed by atoms with van der Waals surface area (Å²) in [5.74, 6) is 1.35. The van der Waals surface area contributed by atoms with Gasteiger partial charge in [-0.3, -0.25) is 4.79 Å². The molecule has 0 N–H and O–H groups in total. The lowest BCUT2D eigenvalue weighted by atomic mass is 10.1. The summed E-state index contributed by atoms with van der Waals surface area (Å²) in [5.41, 5.74) is 3.61. The first kappa shape index (κ1) is 21.2. The van der Waals surface area contributed by atoms with E-state index >= 15 is 0 Å². The van der Waals surface area contributed by atoms with Crippen molar-refractivity contribution in [3.05, 3.63) is 85.6 Å². The summed E-state index contributed by atoms with van der Waals surface area (Å²) in [6, 6.07) is 13.4. The molecule has 29 heavy (non-hydrogen) atoms. The van der Waals surface area contributed by atoms with Crippen molar-refractivity contribution in [3.8, 4) is 11.5 Å². The Morgan fingerprint density at radius 3 is 2.48 bits per heavy atom. The Morgan fingerprint density at radius 1 is 1.07 bits per heavy atom. The molecule has 1 aromatic heterocycles. The van der Waals surface area contributed by atoms with Crippen molar-refractivity contribution in [1.82, 2.24) is 0 Å². The van der Waals surface area contributed by atoms with Gasteiger partial charge in [0.2, 0.25) is 0 Å². The predicted molar refractivity (Wildman–Crippen MR) is 121 cm³/mol. The van der Waals surface area contributed by atoms with E-state index in [0.29, 0.717) is 17.4 Å². The van der Waals surface area contributed by atoms with Crippen LogP contribution in [0.1, 0.15) is 36.8 Å². The van der Waals surface area contributed by atoms with Crippen molar-refractivity contribution >= 4 is 34.8 Å². The summed E-state index contributed by atoms with van der Waals surface area (Å²) < 4.78 is 11.3. The summed E-state index contributed by atoms with van der Waals surface area (Å²) in [6.45, 7) is 6.27. The number of aryl methyl sites for hydroxylation is 3. The number of hydrogen-bond donors (Lipinski definition) is 0. The van der Waals surface area contributed by atoms with Crippen LogP contribution < -0.4 is 9.47 Å². The van der Waals surface area contributed by atoms with Crippen molar-refractivity contribution in [2.45, 2.75) is 27.4 Å². The summed E-state index contributed by atoms with van der Waals surface area (Å²) >= 11 is 7.89. The molecule has 3 nitrogen and oxygen atoms in total. The molecule has 0 aliphatic rings. The van der Waals surface area contributed by atoms with Crippen LogP contribution in [-0.4, -0.2) is 12.9 Å². The van der Waals surface area contributed by atoms with Crippen LogP contribution in [0.5, 0.6) is 11.5 Å². The largest absolute Gasteiger partial charge is 0.496 e. The van der Waals surface area contributed by atoms with Gasteiger partial charge in [0.25, 0.3) is 0 Å². The molecule has 2 aromatic carbocycles. The first-order chi connectivity index (χ1) is 13.9. The number of ketones is 1. The molecule has 150 valence electrons. The number of rotatable bonds is 7. The van der Waals surface area contributed by atoms with E-state index in [1.54, 1.807) is 24.5 Å². The monoisotopic (exact) mass is 426 g/mol. The van der Waals surface area contributed by atoms with Crippen molar-refractivity contribution in [2.75, 3.05) is 7.11 Å². The molecule has 3 aromatic rings. The number of hydrogen-bond acceptors (Lipinski definition) is 4. The quantitative estimate of drug-likeness (QED) is 0.307. The molecule has 5 heteroatoms. The number of carbonyl (C=O) groups excluding carboxylic acids is 1. The summed E-state index contributed by atoms with van der Waals surface area (Å²) in [5, 5.41) is 0.576. The molecule has 0 bridgehead atoms. The van der Waals surface area contributed by atoms with Gasteiger partial charge in [-0.05, 0) is 68.3 Å². The highest BCUT2D eigenvalue weighted by Gasteiger charge is 2.10. The lowest BCUT2D eigenvalue weighted by Gasteiger charge is -2.12. The molecule has 0 fully saturated rings. The van der Waals surface area contributed by atoms with Gasteiger partial charge in [-0.25, -0.2) is 0 Å². The minimum Gasteiger partial charge on any atom is -0.496 e. The first-order valence-corrected chi connectivity index (χ1v) is 10.4. The smallest absolute Gasteiger partial charge is 0.186 e. The highest BCUT2D eigenvalue weighted by molar-refractivity contribution is 7.12. The van der Waals surface area contributed by atoms with E-state index in [4.69, 9.17) is 21.1 Å². The molecular weight excluding hydrogens is 404 g/mol. The molecule has 0 unspecified atom stereocenters. The number of allylic oxidation sites excluding steroid dienone is 1. The van der Waals surface area contributed by atoms with Gasteiger partial charge in [0.05, 0.1) is 12.1 Å². The topological polar surface area (TPSA) is 35.5 Å². The van der Waals surface area contributed by atoms with Crippen molar-refractivity contribution in [3.63, 3.8) is 0 Å². The van der Waals surface area contributed by atoms with Crippen LogP contribution in [0.2, 0.25) is 5.02 Å². The molecule has 0 spiro atoms. The van der Waals surface area contributed by atoms with Crippen LogP contribution in [0.3, 0.4) is 0 Å². The Balaban J connectivity index is 1.77.